The standard InChI is InChI=1S/C23H29ClN2O5S/c1-16(21-13-20(30-2)10-11-22(21)31-3)25-23(27)18-5-4-12-26(14-18)32(28,29)15-17-6-8-19(24)9-7-17/h6-11,13,16,18H,4-5,12,14-15H2,1-3H3,(H,25,27)/t16-,18-/m1/s1. The Labute approximate surface area is 194 Å². The van der Waals surface area contributed by atoms with Crippen LogP contribution in [0.25, 0.3) is 0 Å². The minimum Gasteiger partial charge on any atom is -0.497 e. The predicted molar refractivity (Wildman–Crippen MR) is 124 cm³/mol. The fourth-order valence-electron chi connectivity index (χ4n) is 3.88. The van der Waals surface area contributed by atoms with E-state index in [1.807, 2.05) is 13.0 Å². The molecule has 1 aliphatic heterocycles. The summed E-state index contributed by atoms with van der Waals surface area (Å²) in [5.74, 6) is 0.612. The van der Waals surface area contributed by atoms with Gasteiger partial charge >= 0.3 is 0 Å². The number of benzene rings is 2. The van der Waals surface area contributed by atoms with E-state index in [1.165, 1.54) is 4.31 Å². The van der Waals surface area contributed by atoms with Crippen molar-refractivity contribution in [1.29, 1.82) is 0 Å². The number of carbonyl (C=O) groups is 1. The summed E-state index contributed by atoms with van der Waals surface area (Å²) in [6.07, 6.45) is 1.27. The van der Waals surface area contributed by atoms with Gasteiger partial charge in [0.15, 0.2) is 0 Å². The first-order valence-corrected chi connectivity index (χ1v) is 12.5. The van der Waals surface area contributed by atoms with Crippen LogP contribution in [0.4, 0.5) is 0 Å². The second kappa shape index (κ2) is 10.6. The number of halogens is 1. The SMILES string of the molecule is COc1ccc(OC)c([C@@H](C)NC(=O)[C@@H]2CCCN(S(=O)(=O)Cc3ccc(Cl)cc3)C2)c1. The number of piperidine rings is 1. The highest BCUT2D eigenvalue weighted by molar-refractivity contribution is 7.88. The molecule has 0 saturated carbocycles. The number of carbonyl (C=O) groups excluding carboxylic acids is 1. The summed E-state index contributed by atoms with van der Waals surface area (Å²) in [6.45, 7) is 2.45. The van der Waals surface area contributed by atoms with Crippen LogP contribution >= 0.6 is 11.6 Å². The number of nitrogens with one attached hydrogen (secondary N) is 1. The van der Waals surface area contributed by atoms with Gasteiger partial charge in [-0.3, -0.25) is 4.79 Å². The number of amides is 1. The number of nitrogens with zero attached hydrogens (tertiary/aromatic N) is 1. The molecule has 0 aromatic heterocycles. The molecular formula is C23H29ClN2O5S. The second-order valence-corrected chi connectivity index (χ2v) is 10.3. The molecule has 2 atom stereocenters. The van der Waals surface area contributed by atoms with Crippen LogP contribution in [0.15, 0.2) is 42.5 Å². The lowest BCUT2D eigenvalue weighted by molar-refractivity contribution is -0.126. The van der Waals surface area contributed by atoms with E-state index in [2.05, 4.69) is 5.32 Å². The molecule has 2 aromatic rings. The Morgan fingerprint density at radius 1 is 1.19 bits per heavy atom. The molecule has 9 heteroatoms. The molecule has 1 aliphatic rings. The second-order valence-electron chi connectivity index (χ2n) is 7.92. The Bertz CT molecular complexity index is 1040. The number of methoxy groups -OCH3 is 2. The summed E-state index contributed by atoms with van der Waals surface area (Å²) in [4.78, 5) is 13.0. The molecule has 1 saturated heterocycles. The van der Waals surface area contributed by atoms with Crippen LogP contribution < -0.4 is 14.8 Å². The van der Waals surface area contributed by atoms with E-state index in [0.29, 0.717) is 41.5 Å². The first kappa shape index (κ1) is 24.4. The van der Waals surface area contributed by atoms with Gasteiger partial charge in [-0.05, 0) is 55.7 Å². The Kier molecular flexibility index (Phi) is 8.03. The van der Waals surface area contributed by atoms with Crippen molar-refractivity contribution >= 4 is 27.5 Å². The first-order valence-electron chi connectivity index (χ1n) is 10.5. The van der Waals surface area contributed by atoms with Crippen LogP contribution in [-0.2, 0) is 20.6 Å². The van der Waals surface area contributed by atoms with Gasteiger partial charge in [0.1, 0.15) is 11.5 Å². The molecule has 32 heavy (non-hydrogen) atoms. The number of hydrogen-bond donors (Lipinski definition) is 1. The minimum atomic E-state index is -3.54. The predicted octanol–water partition coefficient (Wildman–Crippen LogP) is 3.78. The molecule has 174 valence electrons. The van der Waals surface area contributed by atoms with Gasteiger partial charge in [0, 0.05) is 23.7 Å². The maximum absolute atomic E-state index is 13.0. The summed E-state index contributed by atoms with van der Waals surface area (Å²) in [6, 6.07) is 11.8. The largest absolute Gasteiger partial charge is 0.497 e. The maximum Gasteiger partial charge on any atom is 0.224 e. The molecule has 1 amide bonds. The highest BCUT2D eigenvalue weighted by Gasteiger charge is 2.33. The zero-order valence-corrected chi connectivity index (χ0v) is 20.1. The molecule has 0 spiro atoms. The molecule has 1 N–H and O–H groups in total. The number of ether oxygens (including phenoxy) is 2. The van der Waals surface area contributed by atoms with Gasteiger partial charge in [-0.1, -0.05) is 23.7 Å². The van der Waals surface area contributed by atoms with Crippen molar-refractivity contribution in [3.8, 4) is 11.5 Å². The van der Waals surface area contributed by atoms with Gasteiger partial charge < -0.3 is 14.8 Å². The van der Waals surface area contributed by atoms with E-state index in [4.69, 9.17) is 21.1 Å². The van der Waals surface area contributed by atoms with Gasteiger partial charge in [0.2, 0.25) is 15.9 Å². The number of hydrogen-bond acceptors (Lipinski definition) is 5. The average molecular weight is 481 g/mol. The molecule has 0 radical (unpaired) electrons. The Morgan fingerprint density at radius 3 is 2.56 bits per heavy atom. The van der Waals surface area contributed by atoms with E-state index in [0.717, 1.165) is 5.56 Å². The molecule has 1 fully saturated rings. The van der Waals surface area contributed by atoms with Crippen molar-refractivity contribution < 1.29 is 22.7 Å². The molecule has 2 aromatic carbocycles. The number of rotatable bonds is 8. The lowest BCUT2D eigenvalue weighted by atomic mass is 9.97. The van der Waals surface area contributed by atoms with Gasteiger partial charge in [-0.2, -0.15) is 0 Å². The molecule has 3 rings (SSSR count). The van der Waals surface area contributed by atoms with Crippen molar-refractivity contribution in [2.24, 2.45) is 5.92 Å². The van der Waals surface area contributed by atoms with Crippen molar-refractivity contribution in [1.82, 2.24) is 9.62 Å². The third kappa shape index (κ3) is 5.94. The average Bonchev–Trinajstić information content (AvgIpc) is 2.80. The molecule has 7 nitrogen and oxygen atoms in total. The highest BCUT2D eigenvalue weighted by Crippen LogP contribution is 2.30. The monoisotopic (exact) mass is 480 g/mol. The molecule has 0 aliphatic carbocycles. The maximum atomic E-state index is 13.0. The zero-order chi connectivity index (χ0) is 23.3. The molecule has 1 heterocycles. The third-order valence-corrected chi connectivity index (χ3v) is 7.74. The topological polar surface area (TPSA) is 84.9 Å². The summed E-state index contributed by atoms with van der Waals surface area (Å²) in [5.41, 5.74) is 1.46. The van der Waals surface area contributed by atoms with E-state index in [1.54, 1.807) is 50.6 Å². The minimum absolute atomic E-state index is 0.115. The van der Waals surface area contributed by atoms with Gasteiger partial charge in [0.05, 0.1) is 31.9 Å². The van der Waals surface area contributed by atoms with Gasteiger partial charge in [0.25, 0.3) is 0 Å². The Balaban J connectivity index is 1.67. The van der Waals surface area contributed by atoms with Crippen molar-refractivity contribution in [2.75, 3.05) is 27.3 Å². The zero-order valence-electron chi connectivity index (χ0n) is 18.5. The van der Waals surface area contributed by atoms with Crippen LogP contribution in [0.5, 0.6) is 11.5 Å². The normalized spacial score (nSPS) is 18.1. The third-order valence-electron chi connectivity index (χ3n) is 5.67. The van der Waals surface area contributed by atoms with Crippen molar-refractivity contribution in [2.45, 2.75) is 31.6 Å². The Hall–Kier alpha value is -2.29. The fraction of sp³-hybridized carbons (Fsp3) is 0.435. The van der Waals surface area contributed by atoms with Crippen molar-refractivity contribution in [3.63, 3.8) is 0 Å². The molecule has 0 bridgehead atoms. The summed E-state index contributed by atoms with van der Waals surface area (Å²) in [5, 5.41) is 3.57. The highest BCUT2D eigenvalue weighted by atomic mass is 35.5. The molecular weight excluding hydrogens is 452 g/mol. The quantitative estimate of drug-likeness (QED) is 0.621. The van der Waals surface area contributed by atoms with Gasteiger partial charge in [-0.25, -0.2) is 12.7 Å². The number of sulfonamides is 1. The van der Waals surface area contributed by atoms with E-state index < -0.39 is 15.9 Å². The first-order chi connectivity index (χ1) is 15.2. The lowest BCUT2D eigenvalue weighted by Gasteiger charge is -2.32. The lowest BCUT2D eigenvalue weighted by Crippen LogP contribution is -2.46. The van der Waals surface area contributed by atoms with Crippen LogP contribution in [0, 0.1) is 5.92 Å². The van der Waals surface area contributed by atoms with E-state index >= 15 is 0 Å². The smallest absolute Gasteiger partial charge is 0.224 e. The van der Waals surface area contributed by atoms with Crippen LogP contribution in [-0.4, -0.2) is 45.9 Å². The van der Waals surface area contributed by atoms with Crippen molar-refractivity contribution in [3.05, 3.63) is 58.6 Å². The van der Waals surface area contributed by atoms with E-state index in [9.17, 15) is 13.2 Å². The van der Waals surface area contributed by atoms with Crippen LogP contribution in [0.2, 0.25) is 5.02 Å². The fourth-order valence-corrected chi connectivity index (χ4v) is 5.61. The Morgan fingerprint density at radius 2 is 1.91 bits per heavy atom. The van der Waals surface area contributed by atoms with Crippen LogP contribution in [0.3, 0.4) is 0 Å². The van der Waals surface area contributed by atoms with Crippen LogP contribution in [0.1, 0.15) is 36.9 Å². The summed E-state index contributed by atoms with van der Waals surface area (Å²) < 4.78 is 38.0. The van der Waals surface area contributed by atoms with Gasteiger partial charge in [-0.15, -0.1) is 0 Å². The molecule has 0 unspecified atom stereocenters. The summed E-state index contributed by atoms with van der Waals surface area (Å²) >= 11 is 5.89. The van der Waals surface area contributed by atoms with E-state index in [-0.39, 0.29) is 24.2 Å². The summed E-state index contributed by atoms with van der Waals surface area (Å²) in [7, 11) is -0.389.